The number of likely N-dealkylation sites (N-methyl/N-ethyl adjacent to an activating group) is 1. The molecule has 1 amide bonds. The second-order valence-electron chi connectivity index (χ2n) is 5.23. The van der Waals surface area contributed by atoms with Gasteiger partial charge in [-0.25, -0.2) is 0 Å². The lowest BCUT2D eigenvalue weighted by Crippen LogP contribution is -2.52. The number of carbonyl (C=O) groups excluding carboxylic acids is 1. The summed E-state index contributed by atoms with van der Waals surface area (Å²) in [7, 11) is 2.03. The molecule has 1 rings (SSSR count). The van der Waals surface area contributed by atoms with Gasteiger partial charge in [-0.15, -0.1) is 0 Å². The molecule has 1 aliphatic heterocycles. The SMILES string of the molecule is CN1CCCC[C@H]1C(=O)NC(C)(C)C. The molecule has 3 nitrogen and oxygen atoms in total. The Hall–Kier alpha value is -0.570. The molecule has 82 valence electrons. The Bertz CT molecular complexity index is 208. The number of hydrogen-bond acceptors (Lipinski definition) is 2. The van der Waals surface area contributed by atoms with Crippen molar-refractivity contribution in [3.05, 3.63) is 0 Å². The predicted octanol–water partition coefficient (Wildman–Crippen LogP) is 1.39. The zero-order valence-electron chi connectivity index (χ0n) is 9.76. The predicted molar refractivity (Wildman–Crippen MR) is 58.2 cm³/mol. The quantitative estimate of drug-likeness (QED) is 0.690. The number of rotatable bonds is 1. The van der Waals surface area contributed by atoms with E-state index in [2.05, 4.69) is 10.2 Å². The van der Waals surface area contributed by atoms with Gasteiger partial charge < -0.3 is 5.32 Å². The Kier molecular flexibility index (Phi) is 3.53. The number of hydrogen-bond donors (Lipinski definition) is 1. The van der Waals surface area contributed by atoms with Crippen molar-refractivity contribution in [2.45, 2.75) is 51.6 Å². The number of carbonyl (C=O) groups is 1. The van der Waals surface area contributed by atoms with Gasteiger partial charge in [-0.1, -0.05) is 6.42 Å². The standard InChI is InChI=1S/C11H22N2O/c1-11(2,3)12-10(14)9-7-5-6-8-13(9)4/h9H,5-8H2,1-4H3,(H,12,14)/t9-/m0/s1. The van der Waals surface area contributed by atoms with E-state index in [9.17, 15) is 4.79 Å². The van der Waals surface area contributed by atoms with Crippen LogP contribution < -0.4 is 5.32 Å². The van der Waals surface area contributed by atoms with Crippen LogP contribution in [0, 0.1) is 0 Å². The maximum atomic E-state index is 11.9. The molecule has 0 bridgehead atoms. The van der Waals surface area contributed by atoms with Crippen molar-refractivity contribution in [2.75, 3.05) is 13.6 Å². The average Bonchev–Trinajstić information content (AvgIpc) is 2.01. The third kappa shape index (κ3) is 3.29. The van der Waals surface area contributed by atoms with Crippen LogP contribution in [0.15, 0.2) is 0 Å². The van der Waals surface area contributed by atoms with E-state index < -0.39 is 0 Å². The van der Waals surface area contributed by atoms with Crippen LogP contribution in [0.1, 0.15) is 40.0 Å². The van der Waals surface area contributed by atoms with E-state index >= 15 is 0 Å². The summed E-state index contributed by atoms with van der Waals surface area (Å²) < 4.78 is 0. The third-order valence-corrected chi connectivity index (χ3v) is 2.57. The van der Waals surface area contributed by atoms with Crippen molar-refractivity contribution in [3.8, 4) is 0 Å². The molecule has 0 aromatic carbocycles. The van der Waals surface area contributed by atoms with Crippen LogP contribution in [0.25, 0.3) is 0 Å². The molecule has 14 heavy (non-hydrogen) atoms. The molecule has 3 heteroatoms. The zero-order chi connectivity index (χ0) is 10.8. The second kappa shape index (κ2) is 4.30. The molecule has 1 saturated heterocycles. The zero-order valence-corrected chi connectivity index (χ0v) is 9.76. The van der Waals surface area contributed by atoms with Gasteiger partial charge >= 0.3 is 0 Å². The molecule has 0 aliphatic carbocycles. The van der Waals surface area contributed by atoms with Gasteiger partial charge in [0.2, 0.25) is 5.91 Å². The van der Waals surface area contributed by atoms with Crippen LogP contribution in [0.2, 0.25) is 0 Å². The van der Waals surface area contributed by atoms with Gasteiger partial charge in [0.1, 0.15) is 0 Å². The van der Waals surface area contributed by atoms with Crippen molar-refractivity contribution < 1.29 is 4.79 Å². The molecular formula is C11H22N2O. The average molecular weight is 198 g/mol. The van der Waals surface area contributed by atoms with Gasteiger partial charge in [-0.05, 0) is 47.2 Å². The highest BCUT2D eigenvalue weighted by molar-refractivity contribution is 5.82. The Morgan fingerprint density at radius 3 is 2.50 bits per heavy atom. The molecule has 1 atom stereocenters. The molecule has 0 saturated carbocycles. The van der Waals surface area contributed by atoms with Crippen molar-refractivity contribution in [2.24, 2.45) is 0 Å². The first-order valence-electron chi connectivity index (χ1n) is 5.42. The van der Waals surface area contributed by atoms with Crippen molar-refractivity contribution in [1.29, 1.82) is 0 Å². The Labute approximate surface area is 86.9 Å². The molecule has 0 aromatic heterocycles. The van der Waals surface area contributed by atoms with E-state index in [4.69, 9.17) is 0 Å². The molecule has 1 fully saturated rings. The highest BCUT2D eigenvalue weighted by Crippen LogP contribution is 2.15. The lowest BCUT2D eigenvalue weighted by molar-refractivity contribution is -0.128. The highest BCUT2D eigenvalue weighted by Gasteiger charge is 2.27. The maximum Gasteiger partial charge on any atom is 0.237 e. The van der Waals surface area contributed by atoms with Gasteiger partial charge in [0, 0.05) is 5.54 Å². The van der Waals surface area contributed by atoms with Crippen LogP contribution in [-0.4, -0.2) is 36.0 Å². The second-order valence-corrected chi connectivity index (χ2v) is 5.23. The van der Waals surface area contributed by atoms with E-state index in [0.717, 1.165) is 13.0 Å². The topological polar surface area (TPSA) is 32.3 Å². The summed E-state index contributed by atoms with van der Waals surface area (Å²) in [5.74, 6) is 0.180. The van der Waals surface area contributed by atoms with Gasteiger partial charge in [-0.2, -0.15) is 0 Å². The summed E-state index contributed by atoms with van der Waals surface area (Å²) in [5, 5.41) is 3.04. The molecule has 0 unspecified atom stereocenters. The highest BCUT2D eigenvalue weighted by atomic mass is 16.2. The van der Waals surface area contributed by atoms with Gasteiger partial charge in [0.15, 0.2) is 0 Å². The fraction of sp³-hybridized carbons (Fsp3) is 0.909. The van der Waals surface area contributed by atoms with Crippen LogP contribution in [-0.2, 0) is 4.79 Å². The summed E-state index contributed by atoms with van der Waals surface area (Å²) in [6, 6.07) is 0.0861. The van der Waals surface area contributed by atoms with Crippen molar-refractivity contribution >= 4 is 5.91 Å². The molecule has 0 aromatic rings. The smallest absolute Gasteiger partial charge is 0.237 e. The molecule has 1 N–H and O–H groups in total. The molecule has 1 heterocycles. The molecule has 1 aliphatic rings. The minimum Gasteiger partial charge on any atom is -0.350 e. The van der Waals surface area contributed by atoms with Crippen LogP contribution >= 0.6 is 0 Å². The molecular weight excluding hydrogens is 176 g/mol. The van der Waals surface area contributed by atoms with E-state index in [1.165, 1.54) is 12.8 Å². The first-order valence-corrected chi connectivity index (χ1v) is 5.42. The van der Waals surface area contributed by atoms with Gasteiger partial charge in [-0.3, -0.25) is 9.69 Å². The van der Waals surface area contributed by atoms with Crippen molar-refractivity contribution in [3.63, 3.8) is 0 Å². The van der Waals surface area contributed by atoms with Crippen molar-refractivity contribution in [1.82, 2.24) is 10.2 Å². The van der Waals surface area contributed by atoms with E-state index in [1.807, 2.05) is 27.8 Å². The van der Waals surface area contributed by atoms with Gasteiger partial charge in [0.05, 0.1) is 6.04 Å². The normalized spacial score (nSPS) is 24.7. The van der Waals surface area contributed by atoms with Crippen LogP contribution in [0.3, 0.4) is 0 Å². The summed E-state index contributed by atoms with van der Waals surface area (Å²) >= 11 is 0. The number of piperidine rings is 1. The summed E-state index contributed by atoms with van der Waals surface area (Å²) in [4.78, 5) is 14.0. The molecule has 0 spiro atoms. The number of nitrogens with zero attached hydrogens (tertiary/aromatic N) is 1. The minimum absolute atomic E-state index is 0.0861. The van der Waals surface area contributed by atoms with E-state index in [1.54, 1.807) is 0 Å². The van der Waals surface area contributed by atoms with E-state index in [-0.39, 0.29) is 17.5 Å². The molecule has 0 radical (unpaired) electrons. The lowest BCUT2D eigenvalue weighted by Gasteiger charge is -2.33. The first-order chi connectivity index (χ1) is 6.40. The third-order valence-electron chi connectivity index (χ3n) is 2.57. The Balaban J connectivity index is 2.50. The maximum absolute atomic E-state index is 11.9. The summed E-state index contributed by atoms with van der Waals surface area (Å²) in [5.41, 5.74) is -0.116. The lowest BCUT2D eigenvalue weighted by atomic mass is 10.0. The first kappa shape index (κ1) is 11.5. The number of likely N-dealkylation sites (tertiary alicyclic amines) is 1. The Morgan fingerprint density at radius 1 is 1.36 bits per heavy atom. The van der Waals surface area contributed by atoms with E-state index in [0.29, 0.717) is 0 Å². The Morgan fingerprint density at radius 2 is 2.00 bits per heavy atom. The minimum atomic E-state index is -0.116. The van der Waals surface area contributed by atoms with Gasteiger partial charge in [0.25, 0.3) is 0 Å². The monoisotopic (exact) mass is 198 g/mol. The van der Waals surface area contributed by atoms with Crippen LogP contribution in [0.5, 0.6) is 0 Å². The summed E-state index contributed by atoms with van der Waals surface area (Å²) in [6.45, 7) is 7.11. The summed E-state index contributed by atoms with van der Waals surface area (Å²) in [6.07, 6.45) is 3.39. The number of amides is 1. The largest absolute Gasteiger partial charge is 0.350 e. The van der Waals surface area contributed by atoms with Crippen LogP contribution in [0.4, 0.5) is 0 Å². The fourth-order valence-electron chi connectivity index (χ4n) is 1.86. The number of nitrogens with one attached hydrogen (secondary N) is 1. The fourth-order valence-corrected chi connectivity index (χ4v) is 1.86.